The quantitative estimate of drug-likeness (QED) is 0.836. The average molecular weight is 353 g/mol. The molecule has 114 valence electrons. The first-order valence-corrected chi connectivity index (χ1v) is 8.39. The number of amides is 1. The molecule has 0 radical (unpaired) electrons. The van der Waals surface area contributed by atoms with Crippen LogP contribution in [0, 0.1) is 0 Å². The summed E-state index contributed by atoms with van der Waals surface area (Å²) in [7, 11) is 0. The van der Waals surface area contributed by atoms with Crippen molar-refractivity contribution in [2.45, 2.75) is 25.5 Å². The van der Waals surface area contributed by atoms with Crippen LogP contribution in [-0.4, -0.2) is 54.6 Å². The highest BCUT2D eigenvalue weighted by molar-refractivity contribution is 9.10. The summed E-state index contributed by atoms with van der Waals surface area (Å²) >= 11 is 3.51. The predicted molar refractivity (Wildman–Crippen MR) is 85.0 cm³/mol. The van der Waals surface area contributed by atoms with Crippen molar-refractivity contribution in [3.05, 3.63) is 34.3 Å². The Kier molecular flexibility index (Phi) is 4.93. The minimum atomic E-state index is -0.179. The van der Waals surface area contributed by atoms with E-state index in [9.17, 15) is 4.79 Å². The van der Waals surface area contributed by atoms with Gasteiger partial charge in [0.05, 0.1) is 0 Å². The molecule has 4 nitrogen and oxygen atoms in total. The maximum absolute atomic E-state index is 12.3. The smallest absolute Gasteiger partial charge is 0.251 e. The van der Waals surface area contributed by atoms with Crippen LogP contribution in [0.25, 0.3) is 0 Å². The number of rotatable bonds is 3. The molecule has 2 saturated heterocycles. The molecule has 0 aromatic heterocycles. The van der Waals surface area contributed by atoms with E-state index in [4.69, 9.17) is 4.74 Å². The Labute approximate surface area is 134 Å². The van der Waals surface area contributed by atoms with Gasteiger partial charge in [-0.2, -0.15) is 0 Å². The highest BCUT2D eigenvalue weighted by atomic mass is 79.9. The van der Waals surface area contributed by atoms with Crippen LogP contribution in [-0.2, 0) is 16.1 Å². The second-order valence-electron chi connectivity index (χ2n) is 5.73. The van der Waals surface area contributed by atoms with Crippen molar-refractivity contribution in [3.63, 3.8) is 0 Å². The number of carbonyl (C=O) groups excluding carboxylic acids is 1. The summed E-state index contributed by atoms with van der Waals surface area (Å²) in [5, 5.41) is 0. The molecule has 0 aliphatic carbocycles. The van der Waals surface area contributed by atoms with Gasteiger partial charge in [-0.15, -0.1) is 0 Å². The first-order chi connectivity index (χ1) is 10.2. The molecular formula is C16H21BrN2O2. The van der Waals surface area contributed by atoms with Crippen molar-refractivity contribution in [2.24, 2.45) is 0 Å². The van der Waals surface area contributed by atoms with Crippen molar-refractivity contribution in [3.8, 4) is 0 Å². The summed E-state index contributed by atoms with van der Waals surface area (Å²) in [5.74, 6) is 0.189. The third-order valence-electron chi connectivity index (χ3n) is 4.18. The molecule has 0 N–H and O–H groups in total. The van der Waals surface area contributed by atoms with Crippen molar-refractivity contribution < 1.29 is 9.53 Å². The van der Waals surface area contributed by atoms with Gasteiger partial charge < -0.3 is 9.64 Å². The molecule has 1 aromatic rings. The molecule has 1 atom stereocenters. The largest absolute Gasteiger partial charge is 0.368 e. The second kappa shape index (κ2) is 6.90. The Morgan fingerprint density at radius 1 is 1.29 bits per heavy atom. The van der Waals surface area contributed by atoms with Crippen LogP contribution in [0.1, 0.15) is 18.4 Å². The third kappa shape index (κ3) is 3.84. The molecular weight excluding hydrogens is 332 g/mol. The van der Waals surface area contributed by atoms with Crippen LogP contribution >= 0.6 is 15.9 Å². The molecule has 0 bridgehead atoms. The number of carbonyl (C=O) groups is 1. The van der Waals surface area contributed by atoms with E-state index in [1.54, 1.807) is 0 Å². The fraction of sp³-hybridized carbons (Fsp3) is 0.562. The van der Waals surface area contributed by atoms with E-state index in [1.807, 2.05) is 11.0 Å². The van der Waals surface area contributed by atoms with Crippen LogP contribution in [0.15, 0.2) is 28.7 Å². The zero-order valence-corrected chi connectivity index (χ0v) is 13.7. The number of ether oxygens (including phenoxy) is 1. The Hall–Kier alpha value is -0.910. The van der Waals surface area contributed by atoms with E-state index in [0.717, 1.165) is 56.6 Å². The monoisotopic (exact) mass is 352 g/mol. The zero-order chi connectivity index (χ0) is 14.7. The van der Waals surface area contributed by atoms with Gasteiger partial charge in [0.1, 0.15) is 6.10 Å². The summed E-state index contributed by atoms with van der Waals surface area (Å²) in [6.45, 7) is 5.18. The lowest BCUT2D eigenvalue weighted by Gasteiger charge is -2.35. The molecule has 3 rings (SSSR count). The highest BCUT2D eigenvalue weighted by Gasteiger charge is 2.30. The van der Waals surface area contributed by atoms with Gasteiger partial charge in [-0.05, 0) is 30.5 Å². The zero-order valence-electron chi connectivity index (χ0n) is 12.1. The van der Waals surface area contributed by atoms with Gasteiger partial charge in [0, 0.05) is 43.8 Å². The number of hydrogen-bond acceptors (Lipinski definition) is 3. The minimum absolute atomic E-state index is 0.179. The molecule has 1 aromatic carbocycles. The summed E-state index contributed by atoms with van der Waals surface area (Å²) in [5.41, 5.74) is 1.31. The number of nitrogens with zero attached hydrogens (tertiary/aromatic N) is 2. The van der Waals surface area contributed by atoms with Gasteiger partial charge in [0.25, 0.3) is 5.91 Å². The number of benzene rings is 1. The van der Waals surface area contributed by atoms with E-state index >= 15 is 0 Å². The standard InChI is InChI=1S/C16H21BrN2O2/c17-14-4-1-3-13(11-14)12-18-6-8-19(9-7-18)16(20)15-5-2-10-21-15/h1,3-4,11,15H,2,5-10,12H2/t15-/m1/s1. The fourth-order valence-corrected chi connectivity index (χ4v) is 3.44. The van der Waals surface area contributed by atoms with E-state index in [1.165, 1.54) is 5.56 Å². The van der Waals surface area contributed by atoms with Crippen molar-refractivity contribution in [1.29, 1.82) is 0 Å². The lowest BCUT2D eigenvalue weighted by molar-refractivity contribution is -0.142. The van der Waals surface area contributed by atoms with Gasteiger partial charge in [-0.3, -0.25) is 9.69 Å². The number of hydrogen-bond donors (Lipinski definition) is 0. The Morgan fingerprint density at radius 3 is 2.76 bits per heavy atom. The SMILES string of the molecule is O=C([C@H]1CCCO1)N1CCN(Cc2cccc(Br)c2)CC1. The number of halogens is 1. The van der Waals surface area contributed by atoms with E-state index < -0.39 is 0 Å². The summed E-state index contributed by atoms with van der Waals surface area (Å²) in [6.07, 6.45) is 1.72. The Morgan fingerprint density at radius 2 is 2.10 bits per heavy atom. The topological polar surface area (TPSA) is 32.8 Å². The maximum Gasteiger partial charge on any atom is 0.251 e. The fourth-order valence-electron chi connectivity index (χ4n) is 3.00. The van der Waals surface area contributed by atoms with E-state index in [-0.39, 0.29) is 12.0 Å². The first kappa shape index (κ1) is 15.0. The van der Waals surface area contributed by atoms with Crippen molar-refractivity contribution in [1.82, 2.24) is 9.80 Å². The predicted octanol–water partition coefficient (Wildman–Crippen LogP) is 2.27. The van der Waals surface area contributed by atoms with Gasteiger partial charge in [-0.25, -0.2) is 0 Å². The molecule has 1 amide bonds. The third-order valence-corrected chi connectivity index (χ3v) is 4.68. The first-order valence-electron chi connectivity index (χ1n) is 7.59. The lowest BCUT2D eigenvalue weighted by Crippen LogP contribution is -2.51. The molecule has 21 heavy (non-hydrogen) atoms. The van der Waals surface area contributed by atoms with Gasteiger partial charge in [0.2, 0.25) is 0 Å². The van der Waals surface area contributed by atoms with Crippen molar-refractivity contribution >= 4 is 21.8 Å². The van der Waals surface area contributed by atoms with Gasteiger partial charge in [-0.1, -0.05) is 28.1 Å². The summed E-state index contributed by atoms with van der Waals surface area (Å²) in [4.78, 5) is 16.7. The van der Waals surface area contributed by atoms with Crippen LogP contribution < -0.4 is 0 Å². The van der Waals surface area contributed by atoms with Crippen LogP contribution in [0.4, 0.5) is 0 Å². The summed E-state index contributed by atoms with van der Waals surface area (Å²) in [6, 6.07) is 8.41. The van der Waals surface area contributed by atoms with Crippen molar-refractivity contribution in [2.75, 3.05) is 32.8 Å². The summed E-state index contributed by atoms with van der Waals surface area (Å²) < 4.78 is 6.61. The molecule has 0 unspecified atom stereocenters. The lowest BCUT2D eigenvalue weighted by atomic mass is 10.1. The molecule has 2 aliphatic rings. The molecule has 5 heteroatoms. The maximum atomic E-state index is 12.3. The molecule has 2 aliphatic heterocycles. The Balaban J connectivity index is 1.49. The minimum Gasteiger partial charge on any atom is -0.368 e. The molecule has 2 fully saturated rings. The average Bonchev–Trinajstić information content (AvgIpc) is 3.01. The van der Waals surface area contributed by atoms with Crippen LogP contribution in [0.5, 0.6) is 0 Å². The number of piperazine rings is 1. The van der Waals surface area contributed by atoms with Crippen LogP contribution in [0.3, 0.4) is 0 Å². The van der Waals surface area contributed by atoms with Crippen LogP contribution in [0.2, 0.25) is 0 Å². The molecule has 2 heterocycles. The molecule has 0 spiro atoms. The van der Waals surface area contributed by atoms with Gasteiger partial charge >= 0.3 is 0 Å². The molecule has 0 saturated carbocycles. The van der Waals surface area contributed by atoms with E-state index in [0.29, 0.717) is 0 Å². The Bertz CT molecular complexity index is 495. The van der Waals surface area contributed by atoms with E-state index in [2.05, 4.69) is 39.0 Å². The highest BCUT2D eigenvalue weighted by Crippen LogP contribution is 2.17. The normalized spacial score (nSPS) is 23.5. The van der Waals surface area contributed by atoms with Gasteiger partial charge in [0.15, 0.2) is 0 Å². The second-order valence-corrected chi connectivity index (χ2v) is 6.65.